The van der Waals surface area contributed by atoms with Crippen molar-refractivity contribution in [2.75, 3.05) is 12.0 Å². The lowest BCUT2D eigenvalue weighted by molar-refractivity contribution is -0.146. The van der Waals surface area contributed by atoms with Crippen LogP contribution in [0.1, 0.15) is 35.9 Å². The van der Waals surface area contributed by atoms with Crippen LogP contribution in [0.4, 0.5) is 5.69 Å². The molecule has 1 unspecified atom stereocenters. The number of benzene rings is 2. The molecule has 186 valence electrons. The van der Waals surface area contributed by atoms with Gasteiger partial charge in [-0.2, -0.15) is 0 Å². The number of amides is 1. The smallest absolute Gasteiger partial charge is 0.310 e. The van der Waals surface area contributed by atoms with Gasteiger partial charge in [-0.05, 0) is 61.2 Å². The normalized spacial score (nSPS) is 17.0. The Morgan fingerprint density at radius 3 is 2.47 bits per heavy atom. The number of aliphatic hydroxyl groups excluding tert-OH is 1. The molecule has 0 spiro atoms. The van der Waals surface area contributed by atoms with E-state index < -0.39 is 17.7 Å². The molecule has 0 bridgehead atoms. The number of halogens is 1. The van der Waals surface area contributed by atoms with Crippen LogP contribution in [0.25, 0.3) is 5.76 Å². The number of ether oxygens (including phenoxy) is 2. The van der Waals surface area contributed by atoms with Crippen molar-refractivity contribution in [3.63, 3.8) is 0 Å². The highest BCUT2D eigenvalue weighted by atomic mass is 35.5. The molecular formula is C27H24ClNO6S. The first-order valence-electron chi connectivity index (χ1n) is 11.2. The molecule has 1 aliphatic rings. The number of carbonyl (C=O) groups is 3. The third kappa shape index (κ3) is 5.01. The summed E-state index contributed by atoms with van der Waals surface area (Å²) in [6.45, 7) is 3.56. The summed E-state index contributed by atoms with van der Waals surface area (Å²) in [6, 6.07) is 14.2. The van der Waals surface area contributed by atoms with Gasteiger partial charge < -0.3 is 14.6 Å². The van der Waals surface area contributed by atoms with Crippen molar-refractivity contribution in [1.29, 1.82) is 0 Å². The minimum atomic E-state index is -0.857. The third-order valence-corrected chi connectivity index (χ3v) is 6.87. The van der Waals surface area contributed by atoms with Crippen molar-refractivity contribution >= 4 is 52.0 Å². The van der Waals surface area contributed by atoms with E-state index in [1.165, 1.54) is 29.4 Å². The Morgan fingerprint density at radius 2 is 1.86 bits per heavy atom. The van der Waals surface area contributed by atoms with Crippen molar-refractivity contribution in [1.82, 2.24) is 0 Å². The van der Waals surface area contributed by atoms with Gasteiger partial charge in [0.25, 0.3) is 11.7 Å². The Hall–Kier alpha value is -3.62. The quantitative estimate of drug-likeness (QED) is 0.189. The van der Waals surface area contributed by atoms with E-state index >= 15 is 0 Å². The second-order valence-electron chi connectivity index (χ2n) is 8.41. The van der Waals surface area contributed by atoms with Gasteiger partial charge in [-0.3, -0.25) is 19.3 Å². The molecule has 0 radical (unpaired) electrons. The van der Waals surface area contributed by atoms with E-state index in [4.69, 9.17) is 21.1 Å². The fourth-order valence-corrected chi connectivity index (χ4v) is 5.05. The maximum atomic E-state index is 13.3. The predicted octanol–water partition coefficient (Wildman–Crippen LogP) is 5.53. The second-order valence-corrected chi connectivity index (χ2v) is 9.80. The average molecular weight is 526 g/mol. The number of carbonyl (C=O) groups excluding carboxylic acids is 3. The molecule has 2 aromatic carbocycles. The SMILES string of the molecule is COc1ccc(Cl)c(/C(O)=C2/C(=O)C(=O)N(c3ccc(CC(=O)OC(C)C)cc3)C2c2cccs2)c1. The topological polar surface area (TPSA) is 93.1 Å². The highest BCUT2D eigenvalue weighted by Gasteiger charge is 2.47. The third-order valence-electron chi connectivity index (χ3n) is 5.62. The van der Waals surface area contributed by atoms with Gasteiger partial charge in [-0.1, -0.05) is 29.8 Å². The summed E-state index contributed by atoms with van der Waals surface area (Å²) in [7, 11) is 1.48. The molecular weight excluding hydrogens is 502 g/mol. The average Bonchev–Trinajstić information content (AvgIpc) is 3.46. The van der Waals surface area contributed by atoms with Gasteiger partial charge in [0.2, 0.25) is 0 Å². The summed E-state index contributed by atoms with van der Waals surface area (Å²) in [5.41, 5.74) is 1.28. The van der Waals surface area contributed by atoms with Gasteiger partial charge in [-0.15, -0.1) is 11.3 Å². The van der Waals surface area contributed by atoms with E-state index in [2.05, 4.69) is 0 Å². The molecule has 1 atom stereocenters. The molecule has 1 amide bonds. The molecule has 9 heteroatoms. The van der Waals surface area contributed by atoms with Crippen LogP contribution in [0.2, 0.25) is 5.02 Å². The van der Waals surface area contributed by atoms with Crippen molar-refractivity contribution in [3.8, 4) is 5.75 Å². The van der Waals surface area contributed by atoms with E-state index in [9.17, 15) is 19.5 Å². The number of nitrogens with zero attached hydrogens (tertiary/aromatic N) is 1. The van der Waals surface area contributed by atoms with Gasteiger partial charge in [0.05, 0.1) is 30.2 Å². The van der Waals surface area contributed by atoms with Crippen LogP contribution in [0.15, 0.2) is 65.6 Å². The van der Waals surface area contributed by atoms with Gasteiger partial charge in [0.1, 0.15) is 17.6 Å². The summed E-state index contributed by atoms with van der Waals surface area (Å²) >= 11 is 7.69. The predicted molar refractivity (Wildman–Crippen MR) is 138 cm³/mol. The Labute approximate surface area is 217 Å². The Bertz CT molecular complexity index is 1330. The Balaban J connectivity index is 1.77. The van der Waals surface area contributed by atoms with Crippen molar-refractivity contribution in [3.05, 3.63) is 86.6 Å². The van der Waals surface area contributed by atoms with Crippen LogP contribution in [0.3, 0.4) is 0 Å². The highest BCUT2D eigenvalue weighted by Crippen LogP contribution is 2.44. The summed E-state index contributed by atoms with van der Waals surface area (Å²) in [6.07, 6.45) is -0.132. The zero-order valence-electron chi connectivity index (χ0n) is 19.9. The maximum absolute atomic E-state index is 13.3. The molecule has 0 aliphatic carbocycles. The first kappa shape index (κ1) is 25.5. The molecule has 7 nitrogen and oxygen atoms in total. The first-order valence-corrected chi connectivity index (χ1v) is 12.4. The maximum Gasteiger partial charge on any atom is 0.310 e. The van der Waals surface area contributed by atoms with Crippen LogP contribution in [-0.2, 0) is 25.5 Å². The van der Waals surface area contributed by atoms with Crippen LogP contribution in [-0.4, -0.2) is 36.0 Å². The minimum absolute atomic E-state index is 0.0674. The molecule has 1 fully saturated rings. The van der Waals surface area contributed by atoms with Crippen LogP contribution >= 0.6 is 22.9 Å². The lowest BCUT2D eigenvalue weighted by Crippen LogP contribution is -2.29. The molecule has 0 saturated carbocycles. The van der Waals surface area contributed by atoms with Crippen LogP contribution in [0, 0.1) is 0 Å². The van der Waals surface area contributed by atoms with Gasteiger partial charge >= 0.3 is 5.97 Å². The summed E-state index contributed by atoms with van der Waals surface area (Å²) in [4.78, 5) is 40.6. The molecule has 1 aliphatic heterocycles. The fourth-order valence-electron chi connectivity index (χ4n) is 4.02. The van der Waals surface area contributed by atoms with Crippen molar-refractivity contribution in [2.45, 2.75) is 32.4 Å². The summed E-state index contributed by atoms with van der Waals surface area (Å²) in [5, 5.41) is 13.3. The van der Waals surface area contributed by atoms with Crippen LogP contribution in [0.5, 0.6) is 5.75 Å². The molecule has 36 heavy (non-hydrogen) atoms. The van der Waals surface area contributed by atoms with Gasteiger partial charge in [-0.25, -0.2) is 0 Å². The monoisotopic (exact) mass is 525 g/mol. The number of methoxy groups -OCH3 is 1. The number of hydrogen-bond acceptors (Lipinski definition) is 7. The Kier molecular flexibility index (Phi) is 7.47. The standard InChI is InChI=1S/C27H24ClNO6S/c1-15(2)35-22(30)13-16-6-8-17(9-7-16)29-24(21-5-4-12-36-21)23(26(32)27(29)33)25(31)19-14-18(34-3)10-11-20(19)28/h4-12,14-15,24,31H,13H2,1-3H3/b25-23-. The number of anilines is 1. The lowest BCUT2D eigenvalue weighted by Gasteiger charge is -2.24. The lowest BCUT2D eigenvalue weighted by atomic mass is 9.99. The molecule has 3 aromatic rings. The van der Waals surface area contributed by atoms with E-state index in [1.54, 1.807) is 56.3 Å². The fraction of sp³-hybridized carbons (Fsp3) is 0.222. The van der Waals surface area contributed by atoms with Crippen molar-refractivity contribution in [2.24, 2.45) is 0 Å². The van der Waals surface area contributed by atoms with E-state index in [0.717, 1.165) is 0 Å². The van der Waals surface area contributed by atoms with E-state index in [0.29, 0.717) is 21.9 Å². The summed E-state index contributed by atoms with van der Waals surface area (Å²) in [5.74, 6) is -1.90. The van der Waals surface area contributed by atoms with Gasteiger partial charge in [0.15, 0.2) is 0 Å². The Morgan fingerprint density at radius 1 is 1.14 bits per heavy atom. The van der Waals surface area contributed by atoms with Crippen LogP contribution < -0.4 is 9.64 Å². The molecule has 2 heterocycles. The molecule has 1 aromatic heterocycles. The minimum Gasteiger partial charge on any atom is -0.507 e. The zero-order valence-corrected chi connectivity index (χ0v) is 21.4. The first-order chi connectivity index (χ1) is 17.2. The number of rotatable bonds is 7. The molecule has 1 N–H and O–H groups in total. The van der Waals surface area contributed by atoms with E-state index in [1.807, 2.05) is 11.4 Å². The number of esters is 1. The largest absolute Gasteiger partial charge is 0.507 e. The van der Waals surface area contributed by atoms with E-state index in [-0.39, 0.29) is 40.4 Å². The summed E-state index contributed by atoms with van der Waals surface area (Å²) < 4.78 is 10.4. The van der Waals surface area contributed by atoms with Crippen molar-refractivity contribution < 1.29 is 29.0 Å². The number of Topliss-reactive ketones (excluding diaryl/α,β-unsaturated/α-hetero) is 1. The number of hydrogen-bond donors (Lipinski definition) is 1. The number of thiophene rings is 1. The highest BCUT2D eigenvalue weighted by molar-refractivity contribution is 7.10. The molecule has 4 rings (SSSR count). The number of ketones is 1. The zero-order chi connectivity index (χ0) is 26.0. The number of aliphatic hydroxyl groups is 1. The van der Waals surface area contributed by atoms with Gasteiger partial charge in [0, 0.05) is 16.1 Å². The molecule has 1 saturated heterocycles. The second kappa shape index (κ2) is 10.6.